The molecule has 0 aliphatic carbocycles. The molecule has 7 heteroatoms. The number of benzene rings is 1. The summed E-state index contributed by atoms with van der Waals surface area (Å²) in [6.07, 6.45) is 0.348. The maximum atomic E-state index is 12.5. The molecule has 1 heterocycles. The number of amides is 2. The molecule has 0 saturated heterocycles. The van der Waals surface area contributed by atoms with Crippen molar-refractivity contribution in [2.24, 2.45) is 0 Å². The molecule has 27 heavy (non-hydrogen) atoms. The van der Waals surface area contributed by atoms with Crippen LogP contribution in [0.3, 0.4) is 0 Å². The Labute approximate surface area is 162 Å². The van der Waals surface area contributed by atoms with Crippen molar-refractivity contribution in [1.82, 2.24) is 15.2 Å². The van der Waals surface area contributed by atoms with E-state index in [4.69, 9.17) is 7.85 Å². The topological polar surface area (TPSA) is 74.3 Å². The largest absolute Gasteiger partial charge is 0.354 e. The minimum Gasteiger partial charge on any atom is -0.354 e. The van der Waals surface area contributed by atoms with E-state index in [0.717, 1.165) is 16.8 Å². The Balaban J connectivity index is 0.000000828. The van der Waals surface area contributed by atoms with E-state index < -0.39 is 11.8 Å². The van der Waals surface area contributed by atoms with Gasteiger partial charge in [0, 0.05) is 12.1 Å². The minimum absolute atomic E-state index is 0.348. The van der Waals surface area contributed by atoms with E-state index in [-0.39, 0.29) is 5.91 Å². The molecule has 0 saturated carbocycles. The van der Waals surface area contributed by atoms with Crippen LogP contribution in [-0.2, 0) is 11.2 Å². The number of pyridine rings is 1. The maximum Gasteiger partial charge on any atom is 0.248 e. The standard InChI is InChI=1S/C17H18BN3O2.C3H9N/c1-11-8-12(2)19-15(9-11)21-16(22)14(20-17(18)23)10-13-6-4-3-5-7-13;1-4(2)3/h3-9,14H,10H2,1-2H3,(H,20,23)(H,19,21,22);1-3H3. The van der Waals surface area contributed by atoms with Crippen molar-refractivity contribution in [3.05, 3.63) is 59.3 Å². The van der Waals surface area contributed by atoms with Crippen molar-refractivity contribution in [1.29, 1.82) is 0 Å². The molecular weight excluding hydrogens is 339 g/mol. The summed E-state index contributed by atoms with van der Waals surface area (Å²) in [5.74, 6) is -0.642. The maximum absolute atomic E-state index is 12.5. The molecule has 0 aliphatic rings. The third kappa shape index (κ3) is 9.56. The van der Waals surface area contributed by atoms with Gasteiger partial charge in [-0.05, 0) is 58.3 Å². The van der Waals surface area contributed by atoms with Gasteiger partial charge in [0.1, 0.15) is 11.9 Å². The van der Waals surface area contributed by atoms with E-state index in [1.807, 2.05) is 76.3 Å². The van der Waals surface area contributed by atoms with Crippen molar-refractivity contribution in [3.8, 4) is 0 Å². The Morgan fingerprint density at radius 3 is 2.22 bits per heavy atom. The first-order valence-corrected chi connectivity index (χ1v) is 8.64. The second-order valence-corrected chi connectivity index (χ2v) is 6.75. The van der Waals surface area contributed by atoms with Crippen LogP contribution in [0.15, 0.2) is 42.5 Å². The molecule has 2 radical (unpaired) electrons. The third-order valence-electron chi connectivity index (χ3n) is 3.26. The molecule has 2 rings (SSSR count). The quantitative estimate of drug-likeness (QED) is 0.797. The zero-order valence-corrected chi connectivity index (χ0v) is 16.6. The van der Waals surface area contributed by atoms with Crippen molar-refractivity contribution >= 4 is 25.4 Å². The second kappa shape index (κ2) is 11.1. The lowest BCUT2D eigenvalue weighted by molar-refractivity contribution is -0.117. The lowest BCUT2D eigenvalue weighted by Gasteiger charge is -2.18. The van der Waals surface area contributed by atoms with Gasteiger partial charge in [-0.1, -0.05) is 30.3 Å². The summed E-state index contributed by atoms with van der Waals surface area (Å²) in [7, 11) is 11.2. The van der Waals surface area contributed by atoms with Crippen LogP contribution in [0.4, 0.5) is 10.6 Å². The summed E-state index contributed by atoms with van der Waals surface area (Å²) in [6, 6.07) is 12.3. The van der Waals surface area contributed by atoms with Crippen LogP contribution in [0.2, 0.25) is 0 Å². The first-order valence-electron chi connectivity index (χ1n) is 8.64. The highest BCUT2D eigenvalue weighted by molar-refractivity contribution is 6.57. The highest BCUT2D eigenvalue weighted by Crippen LogP contribution is 2.11. The molecule has 1 atom stereocenters. The molecule has 1 aromatic heterocycles. The van der Waals surface area contributed by atoms with Gasteiger partial charge in [-0.2, -0.15) is 0 Å². The van der Waals surface area contributed by atoms with E-state index in [9.17, 15) is 9.59 Å². The average molecular weight is 366 g/mol. The minimum atomic E-state index is -0.766. The van der Waals surface area contributed by atoms with E-state index in [1.54, 1.807) is 6.07 Å². The van der Waals surface area contributed by atoms with Crippen molar-refractivity contribution in [2.75, 3.05) is 26.5 Å². The predicted octanol–water partition coefficient (Wildman–Crippen LogP) is 2.30. The highest BCUT2D eigenvalue weighted by Gasteiger charge is 2.20. The van der Waals surface area contributed by atoms with E-state index >= 15 is 0 Å². The number of anilines is 1. The zero-order chi connectivity index (χ0) is 20.4. The second-order valence-electron chi connectivity index (χ2n) is 6.75. The van der Waals surface area contributed by atoms with Crippen LogP contribution in [0.25, 0.3) is 0 Å². The van der Waals surface area contributed by atoms with Crippen molar-refractivity contribution in [2.45, 2.75) is 26.3 Å². The zero-order valence-electron chi connectivity index (χ0n) is 16.6. The lowest BCUT2D eigenvalue weighted by atomic mass is 10.0. The van der Waals surface area contributed by atoms with E-state index in [2.05, 4.69) is 15.6 Å². The average Bonchev–Trinajstić information content (AvgIpc) is 2.53. The van der Waals surface area contributed by atoms with Crippen LogP contribution in [-0.4, -0.2) is 56.6 Å². The number of hydrogen-bond acceptors (Lipinski definition) is 4. The summed E-state index contributed by atoms with van der Waals surface area (Å²) in [5.41, 5.74) is 2.73. The smallest absolute Gasteiger partial charge is 0.248 e. The van der Waals surface area contributed by atoms with Gasteiger partial charge in [0.25, 0.3) is 0 Å². The highest BCUT2D eigenvalue weighted by atomic mass is 16.2. The molecule has 0 spiro atoms. The van der Waals surface area contributed by atoms with Crippen LogP contribution in [0.1, 0.15) is 16.8 Å². The number of nitrogens with zero attached hydrogens (tertiary/aromatic N) is 2. The van der Waals surface area contributed by atoms with Gasteiger partial charge < -0.3 is 15.5 Å². The summed E-state index contributed by atoms with van der Waals surface area (Å²) in [6.45, 7) is 3.78. The van der Waals surface area contributed by atoms with E-state index in [0.29, 0.717) is 12.2 Å². The normalized spacial score (nSPS) is 11.2. The monoisotopic (exact) mass is 366 g/mol. The summed E-state index contributed by atoms with van der Waals surface area (Å²) in [5, 5.41) is 5.21. The Morgan fingerprint density at radius 1 is 1.11 bits per heavy atom. The van der Waals surface area contributed by atoms with Gasteiger partial charge in [-0.3, -0.25) is 9.59 Å². The molecule has 2 N–H and O–H groups in total. The number of rotatable bonds is 5. The summed E-state index contributed by atoms with van der Waals surface area (Å²) in [4.78, 5) is 29.9. The van der Waals surface area contributed by atoms with Gasteiger partial charge in [-0.25, -0.2) is 4.98 Å². The van der Waals surface area contributed by atoms with Crippen LogP contribution >= 0.6 is 0 Å². The van der Waals surface area contributed by atoms with Gasteiger partial charge in [0.05, 0.1) is 0 Å². The lowest BCUT2D eigenvalue weighted by Crippen LogP contribution is -2.45. The Hall–Kier alpha value is -2.67. The SMILES string of the molecule is CN(C)C.[B]C(=O)NC(Cc1ccccc1)C(=O)Nc1cc(C)cc(C)n1. The molecule has 1 unspecified atom stereocenters. The Morgan fingerprint density at radius 2 is 1.70 bits per heavy atom. The summed E-state index contributed by atoms with van der Waals surface area (Å²) < 4.78 is 0. The van der Waals surface area contributed by atoms with Gasteiger partial charge in [0.15, 0.2) is 5.81 Å². The van der Waals surface area contributed by atoms with Crippen LogP contribution < -0.4 is 10.6 Å². The van der Waals surface area contributed by atoms with Gasteiger partial charge >= 0.3 is 0 Å². The van der Waals surface area contributed by atoms with Gasteiger partial charge in [-0.15, -0.1) is 0 Å². The molecule has 1 aromatic carbocycles. The fourth-order valence-corrected chi connectivity index (χ4v) is 2.35. The van der Waals surface area contributed by atoms with Crippen molar-refractivity contribution in [3.63, 3.8) is 0 Å². The Kier molecular flexibility index (Phi) is 9.23. The molecule has 2 aromatic rings. The number of hydrogen-bond donors (Lipinski definition) is 2. The fraction of sp³-hybridized carbons (Fsp3) is 0.350. The number of nitrogens with one attached hydrogen (secondary N) is 2. The van der Waals surface area contributed by atoms with E-state index in [1.165, 1.54) is 0 Å². The van der Waals surface area contributed by atoms with Crippen LogP contribution in [0, 0.1) is 13.8 Å². The molecule has 0 aliphatic heterocycles. The number of aryl methyl sites for hydroxylation is 2. The molecule has 2 amide bonds. The Bertz CT molecular complexity index is 728. The third-order valence-corrected chi connectivity index (χ3v) is 3.26. The predicted molar refractivity (Wildman–Crippen MR) is 110 cm³/mol. The molecule has 6 nitrogen and oxygen atoms in total. The molecule has 142 valence electrons. The van der Waals surface area contributed by atoms with Gasteiger partial charge in [0.2, 0.25) is 13.8 Å². The number of carbonyl (C=O) groups excluding carboxylic acids is 2. The number of carbonyl (C=O) groups is 2. The fourth-order valence-electron chi connectivity index (χ4n) is 2.35. The number of aromatic nitrogens is 1. The molecular formula is C20H27BN4O2. The molecule has 0 bridgehead atoms. The van der Waals surface area contributed by atoms with Crippen LogP contribution in [0.5, 0.6) is 0 Å². The first-order chi connectivity index (χ1) is 12.7. The summed E-state index contributed by atoms with van der Waals surface area (Å²) >= 11 is 0. The first kappa shape index (κ1) is 22.4. The van der Waals surface area contributed by atoms with Crippen molar-refractivity contribution < 1.29 is 9.59 Å². The molecule has 0 fully saturated rings.